The molecule has 2 N–H and O–H groups in total. The molecular weight excluding hydrogens is 246 g/mol. The summed E-state index contributed by atoms with van der Waals surface area (Å²) in [4.78, 5) is 0. The number of aryl methyl sites for hydroxylation is 2. The lowest BCUT2D eigenvalue weighted by atomic mass is 10.0. The minimum Gasteiger partial charge on any atom is -0.395 e. The van der Waals surface area contributed by atoms with Crippen LogP contribution in [-0.4, -0.2) is 17.8 Å². The van der Waals surface area contributed by atoms with Crippen molar-refractivity contribution in [3.63, 3.8) is 0 Å². The normalized spacial score (nSPS) is 12.3. The van der Waals surface area contributed by atoms with Crippen LogP contribution in [-0.2, 0) is 13.0 Å². The predicted molar refractivity (Wildman–Crippen MR) is 83.8 cm³/mol. The molecule has 2 aromatic rings. The molecule has 1 atom stereocenters. The van der Waals surface area contributed by atoms with Crippen LogP contribution in [0.25, 0.3) is 0 Å². The minimum absolute atomic E-state index is 0.0939. The third-order valence-corrected chi connectivity index (χ3v) is 3.76. The highest BCUT2D eigenvalue weighted by Gasteiger charge is 2.09. The van der Waals surface area contributed by atoms with Crippen molar-refractivity contribution in [3.05, 3.63) is 70.8 Å². The van der Waals surface area contributed by atoms with Gasteiger partial charge in [0.15, 0.2) is 0 Å². The Morgan fingerprint density at radius 1 is 0.950 bits per heavy atom. The fourth-order valence-electron chi connectivity index (χ4n) is 2.47. The van der Waals surface area contributed by atoms with Gasteiger partial charge in [0.2, 0.25) is 0 Å². The number of aliphatic hydroxyl groups is 1. The Balaban J connectivity index is 1.97. The lowest BCUT2D eigenvalue weighted by Crippen LogP contribution is -2.34. The maximum absolute atomic E-state index is 9.54. The number of rotatable bonds is 6. The van der Waals surface area contributed by atoms with Gasteiger partial charge < -0.3 is 10.4 Å². The van der Waals surface area contributed by atoms with Crippen LogP contribution in [0.15, 0.2) is 48.5 Å². The summed E-state index contributed by atoms with van der Waals surface area (Å²) in [5, 5.41) is 13.0. The lowest BCUT2D eigenvalue weighted by molar-refractivity contribution is 0.240. The molecule has 2 rings (SSSR count). The summed E-state index contributed by atoms with van der Waals surface area (Å²) in [6.07, 6.45) is 0.849. The summed E-state index contributed by atoms with van der Waals surface area (Å²) in [5.74, 6) is 0. The van der Waals surface area contributed by atoms with Crippen molar-refractivity contribution >= 4 is 0 Å². The van der Waals surface area contributed by atoms with Crippen LogP contribution in [0, 0.1) is 13.8 Å². The summed E-state index contributed by atoms with van der Waals surface area (Å²) in [5.41, 5.74) is 5.18. The molecule has 0 fully saturated rings. The van der Waals surface area contributed by atoms with Crippen molar-refractivity contribution in [2.24, 2.45) is 0 Å². The van der Waals surface area contributed by atoms with E-state index in [-0.39, 0.29) is 12.6 Å². The maximum Gasteiger partial charge on any atom is 0.0587 e. The van der Waals surface area contributed by atoms with Gasteiger partial charge in [-0.2, -0.15) is 0 Å². The van der Waals surface area contributed by atoms with Gasteiger partial charge in [-0.05, 0) is 42.5 Å². The Hall–Kier alpha value is -1.64. The molecule has 0 saturated heterocycles. The Morgan fingerprint density at radius 3 is 2.20 bits per heavy atom. The van der Waals surface area contributed by atoms with E-state index >= 15 is 0 Å². The first-order valence-electron chi connectivity index (χ1n) is 7.14. The highest BCUT2D eigenvalue weighted by molar-refractivity contribution is 5.33. The van der Waals surface area contributed by atoms with Gasteiger partial charge >= 0.3 is 0 Å². The molecule has 2 aromatic carbocycles. The molecular formula is C18H23NO. The quantitative estimate of drug-likeness (QED) is 0.845. The van der Waals surface area contributed by atoms with Gasteiger partial charge in [-0.15, -0.1) is 0 Å². The van der Waals surface area contributed by atoms with E-state index in [0.29, 0.717) is 0 Å². The van der Waals surface area contributed by atoms with E-state index in [4.69, 9.17) is 0 Å². The molecule has 0 bridgehead atoms. The van der Waals surface area contributed by atoms with Crippen LogP contribution in [0.5, 0.6) is 0 Å². The molecule has 0 saturated carbocycles. The second kappa shape index (κ2) is 7.22. The van der Waals surface area contributed by atoms with Gasteiger partial charge in [-0.3, -0.25) is 0 Å². The molecule has 0 heterocycles. The zero-order chi connectivity index (χ0) is 14.4. The number of benzene rings is 2. The van der Waals surface area contributed by atoms with Crippen molar-refractivity contribution in [1.82, 2.24) is 5.32 Å². The molecule has 2 nitrogen and oxygen atoms in total. The summed E-state index contributed by atoms with van der Waals surface area (Å²) in [6.45, 7) is 5.22. The van der Waals surface area contributed by atoms with Crippen LogP contribution in [0.4, 0.5) is 0 Å². The molecule has 0 aliphatic carbocycles. The Morgan fingerprint density at radius 2 is 1.60 bits per heavy atom. The predicted octanol–water partition coefficient (Wildman–Crippen LogP) is 3.00. The van der Waals surface area contributed by atoms with Gasteiger partial charge in [-0.25, -0.2) is 0 Å². The summed E-state index contributed by atoms with van der Waals surface area (Å²) >= 11 is 0. The first-order chi connectivity index (χ1) is 9.70. The van der Waals surface area contributed by atoms with Crippen LogP contribution in [0.2, 0.25) is 0 Å². The molecule has 0 amide bonds. The molecule has 0 aliphatic rings. The molecule has 106 valence electrons. The van der Waals surface area contributed by atoms with Gasteiger partial charge in [0.25, 0.3) is 0 Å². The number of hydrogen-bond donors (Lipinski definition) is 2. The molecule has 20 heavy (non-hydrogen) atoms. The molecule has 0 aliphatic heterocycles. The zero-order valence-electron chi connectivity index (χ0n) is 12.3. The standard InChI is InChI=1S/C18H23NO/c1-14-7-6-8-15(2)18(14)12-19-17(13-20)11-16-9-4-3-5-10-16/h3-10,17,19-20H,11-13H2,1-2H3. The van der Waals surface area contributed by atoms with E-state index in [1.54, 1.807) is 0 Å². The summed E-state index contributed by atoms with van der Waals surface area (Å²) in [7, 11) is 0. The Kier molecular flexibility index (Phi) is 5.33. The van der Waals surface area contributed by atoms with E-state index in [9.17, 15) is 5.11 Å². The topological polar surface area (TPSA) is 32.3 Å². The molecule has 2 heteroatoms. The lowest BCUT2D eigenvalue weighted by Gasteiger charge is -2.18. The number of aliphatic hydroxyl groups excluding tert-OH is 1. The molecule has 0 radical (unpaired) electrons. The Labute approximate surface area is 121 Å². The van der Waals surface area contributed by atoms with Gasteiger partial charge in [0.1, 0.15) is 0 Å². The molecule has 0 aromatic heterocycles. The fraction of sp³-hybridized carbons (Fsp3) is 0.333. The van der Waals surface area contributed by atoms with Gasteiger partial charge in [0.05, 0.1) is 6.61 Å². The average molecular weight is 269 g/mol. The van der Waals surface area contributed by atoms with Crippen molar-refractivity contribution in [1.29, 1.82) is 0 Å². The highest BCUT2D eigenvalue weighted by Crippen LogP contribution is 2.13. The van der Waals surface area contributed by atoms with Crippen LogP contribution in [0.1, 0.15) is 22.3 Å². The highest BCUT2D eigenvalue weighted by atomic mass is 16.3. The van der Waals surface area contributed by atoms with E-state index < -0.39 is 0 Å². The zero-order valence-corrected chi connectivity index (χ0v) is 12.3. The monoisotopic (exact) mass is 269 g/mol. The second-order valence-corrected chi connectivity index (χ2v) is 5.32. The van der Waals surface area contributed by atoms with E-state index in [1.807, 2.05) is 18.2 Å². The SMILES string of the molecule is Cc1cccc(C)c1CNC(CO)Cc1ccccc1. The van der Waals surface area contributed by atoms with Crippen molar-refractivity contribution in [3.8, 4) is 0 Å². The van der Waals surface area contributed by atoms with Crippen molar-refractivity contribution < 1.29 is 5.11 Å². The molecule has 1 unspecified atom stereocenters. The van der Waals surface area contributed by atoms with Crippen LogP contribution >= 0.6 is 0 Å². The Bertz CT molecular complexity index is 516. The van der Waals surface area contributed by atoms with E-state index in [2.05, 4.69) is 49.5 Å². The van der Waals surface area contributed by atoms with Crippen LogP contribution in [0.3, 0.4) is 0 Å². The summed E-state index contributed by atoms with van der Waals surface area (Å²) in [6, 6.07) is 16.7. The van der Waals surface area contributed by atoms with Gasteiger partial charge in [0, 0.05) is 12.6 Å². The first kappa shape index (κ1) is 14.8. The van der Waals surface area contributed by atoms with Crippen molar-refractivity contribution in [2.75, 3.05) is 6.61 Å². The maximum atomic E-state index is 9.54. The summed E-state index contributed by atoms with van der Waals surface area (Å²) < 4.78 is 0. The largest absolute Gasteiger partial charge is 0.395 e. The third kappa shape index (κ3) is 3.92. The smallest absolute Gasteiger partial charge is 0.0587 e. The van der Waals surface area contributed by atoms with Gasteiger partial charge in [-0.1, -0.05) is 48.5 Å². The first-order valence-corrected chi connectivity index (χ1v) is 7.14. The van der Waals surface area contributed by atoms with E-state index in [0.717, 1.165) is 13.0 Å². The van der Waals surface area contributed by atoms with E-state index in [1.165, 1.54) is 22.3 Å². The fourth-order valence-corrected chi connectivity index (χ4v) is 2.47. The second-order valence-electron chi connectivity index (χ2n) is 5.32. The molecule has 0 spiro atoms. The number of hydrogen-bond acceptors (Lipinski definition) is 2. The minimum atomic E-state index is 0.0939. The van der Waals surface area contributed by atoms with Crippen LogP contribution < -0.4 is 5.32 Å². The average Bonchev–Trinajstić information content (AvgIpc) is 2.46. The number of nitrogens with one attached hydrogen (secondary N) is 1. The van der Waals surface area contributed by atoms with Crippen molar-refractivity contribution in [2.45, 2.75) is 32.9 Å². The third-order valence-electron chi connectivity index (χ3n) is 3.76.